The molecule has 1 aliphatic heterocycles. The van der Waals surface area contributed by atoms with Crippen molar-refractivity contribution in [1.82, 2.24) is 19.1 Å². The molecular weight excluding hydrogens is 373 g/mol. The van der Waals surface area contributed by atoms with E-state index in [9.17, 15) is 14.0 Å². The normalized spacial score (nSPS) is 15.0. The molecule has 29 heavy (non-hydrogen) atoms. The molecule has 2 amide bonds. The zero-order valence-electron chi connectivity index (χ0n) is 16.3. The summed E-state index contributed by atoms with van der Waals surface area (Å²) in [6.07, 6.45) is 4.17. The number of hydrogen-bond donors (Lipinski definition) is 1. The third-order valence-electron chi connectivity index (χ3n) is 5.43. The summed E-state index contributed by atoms with van der Waals surface area (Å²) in [7, 11) is 0. The Hall–Kier alpha value is -3.16. The summed E-state index contributed by atoms with van der Waals surface area (Å²) in [4.78, 5) is 26.7. The van der Waals surface area contributed by atoms with E-state index in [1.165, 1.54) is 16.6 Å². The van der Waals surface area contributed by atoms with Crippen LogP contribution in [0.4, 0.5) is 14.9 Å². The quantitative estimate of drug-likeness (QED) is 0.733. The average Bonchev–Trinajstić information content (AvgIpc) is 3.22. The van der Waals surface area contributed by atoms with Crippen molar-refractivity contribution < 1.29 is 9.18 Å². The van der Waals surface area contributed by atoms with Gasteiger partial charge in [0.05, 0.1) is 6.20 Å². The molecule has 0 radical (unpaired) electrons. The van der Waals surface area contributed by atoms with Crippen LogP contribution in [-0.2, 0) is 6.54 Å². The van der Waals surface area contributed by atoms with E-state index in [1.807, 2.05) is 6.07 Å². The van der Waals surface area contributed by atoms with Gasteiger partial charge in [-0.3, -0.25) is 4.79 Å². The summed E-state index contributed by atoms with van der Waals surface area (Å²) in [5, 5.41) is 6.94. The number of carbonyl (C=O) groups is 1. The number of amides is 2. The minimum atomic E-state index is -0.336. The number of hydrogen-bond acceptors (Lipinski definition) is 3. The van der Waals surface area contributed by atoms with Crippen LogP contribution in [0.25, 0.3) is 5.65 Å². The third-order valence-corrected chi connectivity index (χ3v) is 5.43. The zero-order chi connectivity index (χ0) is 20.4. The van der Waals surface area contributed by atoms with Gasteiger partial charge in [-0.2, -0.15) is 9.61 Å². The number of benzene rings is 1. The van der Waals surface area contributed by atoms with Crippen LogP contribution < -0.4 is 10.9 Å². The Morgan fingerprint density at radius 1 is 1.21 bits per heavy atom. The number of likely N-dealkylation sites (tertiary alicyclic amines) is 1. The maximum Gasteiger partial charge on any atom is 0.321 e. The van der Waals surface area contributed by atoms with Crippen molar-refractivity contribution in [2.45, 2.75) is 38.6 Å². The van der Waals surface area contributed by atoms with Crippen molar-refractivity contribution in [3.8, 4) is 0 Å². The lowest BCUT2D eigenvalue weighted by Crippen LogP contribution is -2.41. The van der Waals surface area contributed by atoms with Gasteiger partial charge in [0.25, 0.3) is 5.56 Å². The molecule has 1 aliphatic rings. The Bertz CT molecular complexity index is 1060. The highest BCUT2D eigenvalue weighted by Gasteiger charge is 2.26. The van der Waals surface area contributed by atoms with Crippen LogP contribution in [0.1, 0.15) is 37.8 Å². The molecular formula is C21H24FN5O2. The second-order valence-corrected chi connectivity index (χ2v) is 7.36. The lowest BCUT2D eigenvalue weighted by atomic mass is 9.93. The summed E-state index contributed by atoms with van der Waals surface area (Å²) in [5.41, 5.74) is 2.28. The maximum absolute atomic E-state index is 13.0. The minimum Gasteiger partial charge on any atom is -0.329 e. The number of nitrogens with one attached hydrogen (secondary N) is 1. The monoisotopic (exact) mass is 397 g/mol. The van der Waals surface area contributed by atoms with E-state index in [1.54, 1.807) is 29.3 Å². The highest BCUT2D eigenvalue weighted by Crippen LogP contribution is 2.29. The summed E-state index contributed by atoms with van der Waals surface area (Å²) in [6, 6.07) is 9.10. The number of nitrogens with zero attached hydrogens (tertiary/aromatic N) is 4. The van der Waals surface area contributed by atoms with Crippen LogP contribution >= 0.6 is 0 Å². The number of rotatable bonds is 4. The first-order valence-electron chi connectivity index (χ1n) is 9.96. The predicted octanol–water partition coefficient (Wildman–Crippen LogP) is 3.46. The third kappa shape index (κ3) is 3.87. The molecule has 0 bridgehead atoms. The Balaban J connectivity index is 1.48. The highest BCUT2D eigenvalue weighted by atomic mass is 19.1. The summed E-state index contributed by atoms with van der Waals surface area (Å²) in [5.74, 6) is -0.124. The molecule has 4 rings (SSSR count). The molecule has 8 heteroatoms. The molecule has 7 nitrogen and oxygen atoms in total. The van der Waals surface area contributed by atoms with Crippen LogP contribution in [0, 0.1) is 5.82 Å². The van der Waals surface area contributed by atoms with Crippen molar-refractivity contribution in [3.05, 3.63) is 64.5 Å². The van der Waals surface area contributed by atoms with Gasteiger partial charge in [0.15, 0.2) is 0 Å². The number of urea groups is 1. The SMILES string of the molecule is CCCn1c(C2CCN(C(=O)Nc3ccc(F)cc3)CC2)cc(=O)n2nccc12. The van der Waals surface area contributed by atoms with E-state index >= 15 is 0 Å². The second-order valence-electron chi connectivity index (χ2n) is 7.36. The maximum atomic E-state index is 13.0. The second kappa shape index (κ2) is 8.06. The van der Waals surface area contributed by atoms with E-state index in [4.69, 9.17) is 0 Å². The molecule has 0 unspecified atom stereocenters. The van der Waals surface area contributed by atoms with Crippen LogP contribution in [0.3, 0.4) is 0 Å². The molecule has 0 spiro atoms. The molecule has 2 aromatic heterocycles. The van der Waals surface area contributed by atoms with Gasteiger partial charge in [0.1, 0.15) is 11.5 Å². The Morgan fingerprint density at radius 3 is 2.62 bits per heavy atom. The van der Waals surface area contributed by atoms with E-state index in [0.29, 0.717) is 18.8 Å². The lowest BCUT2D eigenvalue weighted by Gasteiger charge is -2.33. The first kappa shape index (κ1) is 19.2. The molecule has 1 N–H and O–H groups in total. The van der Waals surface area contributed by atoms with Crippen molar-refractivity contribution in [2.75, 3.05) is 18.4 Å². The van der Waals surface area contributed by atoms with E-state index in [0.717, 1.165) is 37.1 Å². The number of aryl methyl sites for hydroxylation is 1. The highest BCUT2D eigenvalue weighted by molar-refractivity contribution is 5.89. The number of piperidine rings is 1. The van der Waals surface area contributed by atoms with Gasteiger partial charge < -0.3 is 14.8 Å². The van der Waals surface area contributed by atoms with Crippen molar-refractivity contribution in [3.63, 3.8) is 0 Å². The van der Waals surface area contributed by atoms with Gasteiger partial charge >= 0.3 is 6.03 Å². The van der Waals surface area contributed by atoms with E-state index in [-0.39, 0.29) is 23.3 Å². The van der Waals surface area contributed by atoms with Crippen molar-refractivity contribution in [2.24, 2.45) is 0 Å². The summed E-state index contributed by atoms with van der Waals surface area (Å²) >= 11 is 0. The zero-order valence-corrected chi connectivity index (χ0v) is 16.3. The van der Waals surface area contributed by atoms with E-state index in [2.05, 4.69) is 21.9 Å². The van der Waals surface area contributed by atoms with Crippen LogP contribution in [0.15, 0.2) is 47.4 Å². The fourth-order valence-electron chi connectivity index (χ4n) is 3.99. The summed E-state index contributed by atoms with van der Waals surface area (Å²) < 4.78 is 16.6. The number of halogens is 1. The van der Waals surface area contributed by atoms with Gasteiger partial charge in [-0.15, -0.1) is 0 Å². The molecule has 0 atom stereocenters. The van der Waals surface area contributed by atoms with Gasteiger partial charge in [-0.25, -0.2) is 9.18 Å². The first-order valence-corrected chi connectivity index (χ1v) is 9.96. The Labute approximate surface area is 167 Å². The fraction of sp³-hybridized carbons (Fsp3) is 0.381. The molecule has 152 valence electrons. The van der Waals surface area contributed by atoms with Crippen LogP contribution in [-0.4, -0.2) is 38.2 Å². The molecule has 1 saturated heterocycles. The topological polar surface area (TPSA) is 71.6 Å². The van der Waals surface area contributed by atoms with Gasteiger partial charge in [0.2, 0.25) is 0 Å². The number of aromatic nitrogens is 3. The van der Waals surface area contributed by atoms with Gasteiger partial charge in [0, 0.05) is 49.1 Å². The van der Waals surface area contributed by atoms with Gasteiger partial charge in [-0.05, 0) is 43.5 Å². The average molecular weight is 397 g/mol. The van der Waals surface area contributed by atoms with Crippen molar-refractivity contribution >= 4 is 17.4 Å². The number of anilines is 1. The standard InChI is InChI=1S/C21H24FN5O2/c1-2-11-26-18(14-20(28)27-19(26)7-10-23-27)15-8-12-25(13-9-15)21(29)24-17-5-3-16(22)4-6-17/h3-7,10,14-15H,2,8-9,11-13H2,1H3,(H,24,29). The first-order chi connectivity index (χ1) is 14.1. The Kier molecular flexibility index (Phi) is 5.33. The van der Waals surface area contributed by atoms with Crippen molar-refractivity contribution in [1.29, 1.82) is 0 Å². The molecule has 1 aromatic carbocycles. The predicted molar refractivity (Wildman–Crippen MR) is 109 cm³/mol. The van der Waals surface area contributed by atoms with Gasteiger partial charge in [-0.1, -0.05) is 6.92 Å². The summed E-state index contributed by atoms with van der Waals surface area (Å²) in [6.45, 7) is 4.12. The Morgan fingerprint density at radius 2 is 1.93 bits per heavy atom. The lowest BCUT2D eigenvalue weighted by molar-refractivity contribution is 0.193. The van der Waals surface area contributed by atoms with Crippen LogP contribution in [0.2, 0.25) is 0 Å². The molecule has 1 fully saturated rings. The smallest absolute Gasteiger partial charge is 0.321 e. The minimum absolute atomic E-state index is 0.121. The van der Waals surface area contributed by atoms with E-state index < -0.39 is 0 Å². The number of carbonyl (C=O) groups excluding carboxylic acids is 1. The molecule has 3 aromatic rings. The fourth-order valence-corrected chi connectivity index (χ4v) is 3.99. The van der Waals surface area contributed by atoms with Crippen LogP contribution in [0.5, 0.6) is 0 Å². The largest absolute Gasteiger partial charge is 0.329 e. The number of fused-ring (bicyclic) bond motifs is 1. The molecule has 0 aliphatic carbocycles. The molecule has 3 heterocycles. The molecule has 0 saturated carbocycles.